The van der Waals surface area contributed by atoms with Crippen LogP contribution in [0.5, 0.6) is 0 Å². The van der Waals surface area contributed by atoms with Crippen molar-refractivity contribution >= 4 is 5.97 Å². The molecule has 0 aliphatic heterocycles. The Balaban J connectivity index is 2.15. The van der Waals surface area contributed by atoms with Gasteiger partial charge in [0, 0.05) is 31.4 Å². The molecule has 2 rings (SSSR count). The third kappa shape index (κ3) is 3.95. The van der Waals surface area contributed by atoms with E-state index >= 15 is 0 Å². The van der Waals surface area contributed by atoms with E-state index in [-0.39, 0.29) is 11.5 Å². The van der Waals surface area contributed by atoms with E-state index < -0.39 is 5.97 Å². The highest BCUT2D eigenvalue weighted by Gasteiger charge is 2.26. The number of benzene rings is 1. The number of hydrogen-bond donors (Lipinski definition) is 2. The first-order valence-electron chi connectivity index (χ1n) is 7.31. The number of carboxylic acids is 1. The fourth-order valence-corrected chi connectivity index (χ4v) is 2.55. The van der Waals surface area contributed by atoms with Gasteiger partial charge in [-0.05, 0) is 23.1 Å². The van der Waals surface area contributed by atoms with Gasteiger partial charge in [-0.1, -0.05) is 32.9 Å². The maximum atomic E-state index is 11.0. The summed E-state index contributed by atoms with van der Waals surface area (Å²) in [6.07, 6.45) is 3.88. The van der Waals surface area contributed by atoms with E-state index in [1.54, 1.807) is 22.9 Å². The molecule has 1 aromatic carbocycles. The van der Waals surface area contributed by atoms with Crippen molar-refractivity contribution in [2.24, 2.45) is 12.5 Å². The van der Waals surface area contributed by atoms with Gasteiger partial charge in [-0.3, -0.25) is 4.68 Å². The molecule has 22 heavy (non-hydrogen) atoms. The smallest absolute Gasteiger partial charge is 0.335 e. The number of aryl methyl sites for hydroxylation is 1. The van der Waals surface area contributed by atoms with E-state index in [4.69, 9.17) is 5.11 Å². The number of nitrogens with zero attached hydrogens (tertiary/aromatic N) is 2. The van der Waals surface area contributed by atoms with Gasteiger partial charge < -0.3 is 10.4 Å². The van der Waals surface area contributed by atoms with Crippen LogP contribution in [0.1, 0.15) is 48.3 Å². The molecule has 5 nitrogen and oxygen atoms in total. The zero-order valence-electron chi connectivity index (χ0n) is 13.5. The Hall–Kier alpha value is -2.14. The van der Waals surface area contributed by atoms with E-state index in [0.717, 1.165) is 11.1 Å². The van der Waals surface area contributed by atoms with Crippen molar-refractivity contribution in [3.63, 3.8) is 0 Å². The summed E-state index contributed by atoms with van der Waals surface area (Å²) >= 11 is 0. The minimum absolute atomic E-state index is 0.0213. The van der Waals surface area contributed by atoms with Gasteiger partial charge in [-0.25, -0.2) is 4.79 Å². The van der Waals surface area contributed by atoms with Crippen LogP contribution in [0, 0.1) is 5.41 Å². The number of carbonyl (C=O) groups is 1. The minimum Gasteiger partial charge on any atom is -0.478 e. The Bertz CT molecular complexity index is 656. The normalized spacial score (nSPS) is 13.1. The molecular weight excluding hydrogens is 278 g/mol. The van der Waals surface area contributed by atoms with Crippen molar-refractivity contribution in [3.8, 4) is 0 Å². The Labute approximate surface area is 131 Å². The lowest BCUT2D eigenvalue weighted by Gasteiger charge is -2.31. The van der Waals surface area contributed by atoms with Gasteiger partial charge in [0.15, 0.2) is 0 Å². The SMILES string of the molecule is Cn1cc(C(NCc2cccc(C(=O)O)c2)C(C)(C)C)cn1. The fraction of sp³-hybridized carbons (Fsp3) is 0.412. The van der Waals surface area contributed by atoms with Crippen LogP contribution in [0.2, 0.25) is 0 Å². The van der Waals surface area contributed by atoms with Crippen LogP contribution in [0.25, 0.3) is 0 Å². The number of nitrogens with one attached hydrogen (secondary N) is 1. The van der Waals surface area contributed by atoms with Gasteiger partial charge in [0.25, 0.3) is 0 Å². The summed E-state index contributed by atoms with van der Waals surface area (Å²) in [4.78, 5) is 11.0. The summed E-state index contributed by atoms with van der Waals surface area (Å²) in [6.45, 7) is 7.12. The average molecular weight is 301 g/mol. The lowest BCUT2D eigenvalue weighted by Crippen LogP contribution is -2.31. The molecular formula is C17H23N3O2. The van der Waals surface area contributed by atoms with Gasteiger partial charge in [0.1, 0.15) is 0 Å². The van der Waals surface area contributed by atoms with Crippen molar-refractivity contribution in [1.82, 2.24) is 15.1 Å². The van der Waals surface area contributed by atoms with E-state index in [2.05, 4.69) is 31.2 Å². The molecule has 1 atom stereocenters. The van der Waals surface area contributed by atoms with Gasteiger partial charge in [0.05, 0.1) is 11.8 Å². The van der Waals surface area contributed by atoms with E-state index in [1.807, 2.05) is 25.5 Å². The zero-order valence-corrected chi connectivity index (χ0v) is 13.5. The van der Waals surface area contributed by atoms with Crippen LogP contribution in [0.4, 0.5) is 0 Å². The molecule has 0 amide bonds. The molecule has 0 saturated heterocycles. The second-order valence-corrected chi connectivity index (χ2v) is 6.63. The van der Waals surface area contributed by atoms with Gasteiger partial charge in [-0.15, -0.1) is 0 Å². The summed E-state index contributed by atoms with van der Waals surface area (Å²) in [5.74, 6) is -0.901. The van der Waals surface area contributed by atoms with E-state index in [9.17, 15) is 4.79 Å². The van der Waals surface area contributed by atoms with Crippen molar-refractivity contribution in [1.29, 1.82) is 0 Å². The molecule has 0 aliphatic rings. The van der Waals surface area contributed by atoms with Crippen molar-refractivity contribution in [2.75, 3.05) is 0 Å². The van der Waals surface area contributed by atoms with Crippen LogP contribution in [-0.4, -0.2) is 20.9 Å². The Kier molecular flexibility index (Phi) is 4.66. The van der Waals surface area contributed by atoms with Crippen LogP contribution in [0.3, 0.4) is 0 Å². The summed E-state index contributed by atoms with van der Waals surface area (Å²) in [7, 11) is 1.90. The van der Waals surface area contributed by atoms with Gasteiger partial charge >= 0.3 is 5.97 Å². The van der Waals surface area contributed by atoms with Crippen LogP contribution >= 0.6 is 0 Å². The largest absolute Gasteiger partial charge is 0.478 e. The molecule has 118 valence electrons. The molecule has 0 fully saturated rings. The fourth-order valence-electron chi connectivity index (χ4n) is 2.55. The Morgan fingerprint density at radius 2 is 2.14 bits per heavy atom. The van der Waals surface area contributed by atoms with Gasteiger partial charge in [-0.2, -0.15) is 5.10 Å². The maximum absolute atomic E-state index is 11.0. The zero-order chi connectivity index (χ0) is 16.3. The third-order valence-corrected chi connectivity index (χ3v) is 3.61. The Morgan fingerprint density at radius 3 is 2.68 bits per heavy atom. The van der Waals surface area contributed by atoms with E-state index in [0.29, 0.717) is 12.1 Å². The lowest BCUT2D eigenvalue weighted by molar-refractivity contribution is 0.0696. The predicted molar refractivity (Wildman–Crippen MR) is 85.6 cm³/mol. The average Bonchev–Trinajstić information content (AvgIpc) is 2.84. The number of aromatic nitrogens is 2. The highest BCUT2D eigenvalue weighted by molar-refractivity contribution is 5.87. The number of aromatic carboxylic acids is 1. The van der Waals surface area contributed by atoms with Crippen molar-refractivity contribution < 1.29 is 9.90 Å². The first-order chi connectivity index (χ1) is 10.3. The van der Waals surface area contributed by atoms with Gasteiger partial charge in [0.2, 0.25) is 0 Å². The second kappa shape index (κ2) is 6.32. The monoisotopic (exact) mass is 301 g/mol. The molecule has 1 unspecified atom stereocenters. The first kappa shape index (κ1) is 16.2. The summed E-state index contributed by atoms with van der Waals surface area (Å²) in [5.41, 5.74) is 2.42. The summed E-state index contributed by atoms with van der Waals surface area (Å²) in [5, 5.41) is 16.8. The molecule has 1 heterocycles. The third-order valence-electron chi connectivity index (χ3n) is 3.61. The highest BCUT2D eigenvalue weighted by atomic mass is 16.4. The molecule has 5 heteroatoms. The van der Waals surface area contributed by atoms with Crippen LogP contribution in [-0.2, 0) is 13.6 Å². The van der Waals surface area contributed by atoms with Crippen molar-refractivity contribution in [3.05, 3.63) is 53.3 Å². The highest BCUT2D eigenvalue weighted by Crippen LogP contribution is 2.32. The van der Waals surface area contributed by atoms with Crippen LogP contribution in [0.15, 0.2) is 36.7 Å². The first-order valence-corrected chi connectivity index (χ1v) is 7.31. The quantitative estimate of drug-likeness (QED) is 0.891. The molecule has 0 aliphatic carbocycles. The van der Waals surface area contributed by atoms with Crippen molar-refractivity contribution in [2.45, 2.75) is 33.4 Å². The number of carboxylic acid groups (broad SMARTS) is 1. The van der Waals surface area contributed by atoms with E-state index in [1.165, 1.54) is 0 Å². The molecule has 0 spiro atoms. The number of rotatable bonds is 5. The molecule has 0 bridgehead atoms. The maximum Gasteiger partial charge on any atom is 0.335 e. The molecule has 2 N–H and O–H groups in total. The molecule has 0 saturated carbocycles. The predicted octanol–water partition coefficient (Wildman–Crippen LogP) is 3.00. The minimum atomic E-state index is -0.901. The molecule has 2 aromatic rings. The Morgan fingerprint density at radius 1 is 1.41 bits per heavy atom. The molecule has 1 aromatic heterocycles. The van der Waals surface area contributed by atoms with Crippen LogP contribution < -0.4 is 5.32 Å². The summed E-state index contributed by atoms with van der Waals surface area (Å²) < 4.78 is 1.79. The lowest BCUT2D eigenvalue weighted by atomic mass is 9.83. The topological polar surface area (TPSA) is 67.2 Å². The number of hydrogen-bond acceptors (Lipinski definition) is 3. The summed E-state index contributed by atoms with van der Waals surface area (Å²) in [6, 6.07) is 7.15. The standard InChI is InChI=1S/C17H23N3O2/c1-17(2,3)15(14-10-19-20(4)11-14)18-9-12-6-5-7-13(8-12)16(21)22/h5-8,10-11,15,18H,9H2,1-4H3,(H,21,22). The second-order valence-electron chi connectivity index (χ2n) is 6.63. The molecule has 0 radical (unpaired) electrons.